The number of ether oxygens (including phenoxy) is 1. The van der Waals surface area contributed by atoms with Gasteiger partial charge in [-0.05, 0) is 19.9 Å². The quantitative estimate of drug-likeness (QED) is 0.566. The van der Waals surface area contributed by atoms with Crippen molar-refractivity contribution in [1.82, 2.24) is 13.6 Å². The topological polar surface area (TPSA) is 38.3 Å². The fourth-order valence-corrected chi connectivity index (χ4v) is 2.76. The van der Waals surface area contributed by atoms with Crippen molar-refractivity contribution in [1.29, 1.82) is 0 Å². The molecule has 0 saturated heterocycles. The van der Waals surface area contributed by atoms with Crippen molar-refractivity contribution in [3.8, 4) is 5.88 Å². The summed E-state index contributed by atoms with van der Waals surface area (Å²) in [5.41, 5.74) is 0.0978. The molecule has 0 saturated carbocycles. The first-order valence-corrected chi connectivity index (χ1v) is 8.05. The molecular weight excluding hydrogens is 296 g/mol. The zero-order valence-corrected chi connectivity index (χ0v) is 13.3. The van der Waals surface area contributed by atoms with Crippen molar-refractivity contribution in [2.24, 2.45) is 0 Å². The van der Waals surface area contributed by atoms with Crippen molar-refractivity contribution in [2.45, 2.75) is 45.1 Å². The SMILES string of the molecule is CCCCCCOc1nsnc1C1=CCCN(C)C1(F)F. The number of aromatic nitrogens is 2. The van der Waals surface area contributed by atoms with Crippen molar-refractivity contribution in [3.63, 3.8) is 0 Å². The first-order chi connectivity index (χ1) is 10.1. The highest BCUT2D eigenvalue weighted by Crippen LogP contribution is 2.40. The second-order valence-electron chi connectivity index (χ2n) is 5.20. The number of alkyl halides is 2. The third-order valence-electron chi connectivity index (χ3n) is 3.57. The van der Waals surface area contributed by atoms with Crippen LogP contribution in [0.2, 0.25) is 0 Å². The lowest BCUT2D eigenvalue weighted by molar-refractivity contribution is -0.0830. The molecule has 0 bridgehead atoms. The fourth-order valence-electron chi connectivity index (χ4n) is 2.25. The second-order valence-corrected chi connectivity index (χ2v) is 5.72. The Morgan fingerprint density at radius 2 is 2.14 bits per heavy atom. The van der Waals surface area contributed by atoms with Gasteiger partial charge in [0.1, 0.15) is 0 Å². The van der Waals surface area contributed by atoms with Crippen LogP contribution in [-0.2, 0) is 0 Å². The van der Waals surface area contributed by atoms with E-state index in [1.165, 1.54) is 7.05 Å². The van der Waals surface area contributed by atoms with Crippen LogP contribution in [0.4, 0.5) is 8.78 Å². The third-order valence-corrected chi connectivity index (χ3v) is 4.08. The lowest BCUT2D eigenvalue weighted by Gasteiger charge is -2.32. The van der Waals surface area contributed by atoms with Gasteiger partial charge in [0.05, 0.1) is 23.9 Å². The van der Waals surface area contributed by atoms with Crippen LogP contribution in [0.3, 0.4) is 0 Å². The van der Waals surface area contributed by atoms with Crippen LogP contribution in [0.5, 0.6) is 5.88 Å². The molecule has 118 valence electrons. The Balaban J connectivity index is 2.04. The van der Waals surface area contributed by atoms with Crippen LogP contribution in [0.1, 0.15) is 44.7 Å². The van der Waals surface area contributed by atoms with Gasteiger partial charge in [0.25, 0.3) is 5.88 Å². The smallest absolute Gasteiger partial charge is 0.333 e. The molecule has 1 aliphatic rings. The van der Waals surface area contributed by atoms with Crippen LogP contribution in [0.25, 0.3) is 5.57 Å². The summed E-state index contributed by atoms with van der Waals surface area (Å²) in [6.45, 7) is 2.96. The Labute approximate surface area is 128 Å². The minimum absolute atomic E-state index is 0.0893. The highest BCUT2D eigenvalue weighted by molar-refractivity contribution is 6.99. The van der Waals surface area contributed by atoms with Gasteiger partial charge in [0, 0.05) is 6.54 Å². The lowest BCUT2D eigenvalue weighted by Crippen LogP contribution is -2.42. The van der Waals surface area contributed by atoms with E-state index in [0.29, 0.717) is 19.6 Å². The number of likely N-dealkylation sites (N-methyl/N-ethyl adjacent to an activating group) is 1. The Morgan fingerprint density at radius 3 is 2.90 bits per heavy atom. The van der Waals surface area contributed by atoms with E-state index in [1.807, 2.05) is 0 Å². The van der Waals surface area contributed by atoms with Gasteiger partial charge in [0.15, 0.2) is 5.69 Å². The second kappa shape index (κ2) is 7.26. The molecular formula is C14H21F2N3OS. The molecule has 1 aromatic heterocycles. The maximum Gasteiger partial charge on any atom is 0.333 e. The van der Waals surface area contributed by atoms with Crippen LogP contribution >= 0.6 is 11.7 Å². The maximum absolute atomic E-state index is 14.2. The van der Waals surface area contributed by atoms with Gasteiger partial charge in [-0.15, -0.1) is 4.37 Å². The number of rotatable bonds is 7. The van der Waals surface area contributed by atoms with Gasteiger partial charge < -0.3 is 4.74 Å². The van der Waals surface area contributed by atoms with Crippen molar-refractivity contribution >= 4 is 17.3 Å². The highest BCUT2D eigenvalue weighted by atomic mass is 32.1. The van der Waals surface area contributed by atoms with Gasteiger partial charge >= 0.3 is 6.05 Å². The first-order valence-electron chi connectivity index (χ1n) is 7.32. The number of unbranched alkanes of at least 4 members (excludes halogenated alkanes) is 3. The summed E-state index contributed by atoms with van der Waals surface area (Å²) in [7, 11) is 1.41. The summed E-state index contributed by atoms with van der Waals surface area (Å²) in [6, 6.07) is -3.02. The van der Waals surface area contributed by atoms with Gasteiger partial charge in [-0.2, -0.15) is 13.2 Å². The van der Waals surface area contributed by atoms with E-state index in [1.54, 1.807) is 6.08 Å². The number of halogens is 2. The number of nitrogens with zero attached hydrogens (tertiary/aromatic N) is 3. The molecule has 0 unspecified atom stereocenters. The zero-order chi connectivity index (χ0) is 15.3. The van der Waals surface area contributed by atoms with Crippen LogP contribution in [0.15, 0.2) is 6.08 Å². The fraction of sp³-hybridized carbons (Fsp3) is 0.714. The largest absolute Gasteiger partial charge is 0.475 e. The minimum Gasteiger partial charge on any atom is -0.475 e. The van der Waals surface area contributed by atoms with Crippen LogP contribution < -0.4 is 4.74 Å². The molecule has 2 heterocycles. The van der Waals surface area contributed by atoms with E-state index < -0.39 is 6.05 Å². The van der Waals surface area contributed by atoms with Crippen LogP contribution in [-0.4, -0.2) is 39.9 Å². The molecule has 0 atom stereocenters. The van der Waals surface area contributed by atoms with E-state index in [4.69, 9.17) is 4.74 Å². The van der Waals surface area contributed by atoms with Gasteiger partial charge in [-0.3, -0.25) is 0 Å². The van der Waals surface area contributed by atoms with Gasteiger partial charge in [-0.25, -0.2) is 4.90 Å². The molecule has 0 aromatic carbocycles. The normalized spacial score (nSPS) is 18.6. The average Bonchev–Trinajstić information content (AvgIpc) is 2.90. The average molecular weight is 317 g/mol. The predicted octanol–water partition coefficient (Wildman–Crippen LogP) is 3.81. The molecule has 0 fully saturated rings. The van der Waals surface area contributed by atoms with Crippen molar-refractivity contribution in [3.05, 3.63) is 11.8 Å². The molecule has 7 heteroatoms. The van der Waals surface area contributed by atoms with E-state index in [2.05, 4.69) is 15.7 Å². The molecule has 1 aromatic rings. The van der Waals surface area contributed by atoms with Gasteiger partial charge in [-0.1, -0.05) is 32.3 Å². The molecule has 4 nitrogen and oxygen atoms in total. The molecule has 1 aliphatic heterocycles. The van der Waals surface area contributed by atoms with E-state index in [9.17, 15) is 8.78 Å². The van der Waals surface area contributed by atoms with Crippen molar-refractivity contribution < 1.29 is 13.5 Å². The Bertz CT molecular complexity index is 490. The van der Waals surface area contributed by atoms with E-state index in [0.717, 1.165) is 42.3 Å². The summed E-state index contributed by atoms with van der Waals surface area (Å²) in [5.74, 6) is 0.234. The molecule has 0 spiro atoms. The maximum atomic E-state index is 14.2. The van der Waals surface area contributed by atoms with Gasteiger partial charge in [0.2, 0.25) is 0 Å². The first kappa shape index (κ1) is 16.3. The summed E-state index contributed by atoms with van der Waals surface area (Å²) in [6.07, 6.45) is 6.40. The molecule has 0 radical (unpaired) electrons. The third kappa shape index (κ3) is 3.77. The minimum atomic E-state index is -3.02. The van der Waals surface area contributed by atoms with Crippen molar-refractivity contribution in [2.75, 3.05) is 20.2 Å². The lowest BCUT2D eigenvalue weighted by atomic mass is 10.0. The summed E-state index contributed by atoms with van der Waals surface area (Å²) in [4.78, 5) is 1.03. The molecule has 0 N–H and O–H groups in total. The van der Waals surface area contributed by atoms with Crippen LogP contribution in [0, 0.1) is 0 Å². The Kier molecular flexibility index (Phi) is 5.64. The monoisotopic (exact) mass is 317 g/mol. The Morgan fingerprint density at radius 1 is 1.33 bits per heavy atom. The van der Waals surface area contributed by atoms with E-state index in [-0.39, 0.29) is 17.1 Å². The Hall–Kier alpha value is -1.08. The molecule has 2 rings (SSSR count). The molecule has 0 amide bonds. The number of hydrogen-bond donors (Lipinski definition) is 0. The number of hydrogen-bond acceptors (Lipinski definition) is 5. The van der Waals surface area contributed by atoms with E-state index >= 15 is 0 Å². The standard InChI is InChI=1S/C14H21F2N3OS/c1-3-4-5-6-10-20-13-12(17-21-18-13)11-8-7-9-19(2)14(11,15)16/h8H,3-7,9-10H2,1-2H3. The highest BCUT2D eigenvalue weighted by Gasteiger charge is 2.44. The summed E-state index contributed by atoms with van der Waals surface area (Å²) in [5, 5.41) is 0. The summed E-state index contributed by atoms with van der Waals surface area (Å²) < 4.78 is 42.0. The predicted molar refractivity (Wildman–Crippen MR) is 79.7 cm³/mol. The molecule has 0 aliphatic carbocycles. The summed E-state index contributed by atoms with van der Waals surface area (Å²) >= 11 is 0.912. The zero-order valence-electron chi connectivity index (χ0n) is 12.4. The molecule has 21 heavy (non-hydrogen) atoms.